The lowest BCUT2D eigenvalue weighted by molar-refractivity contribution is 0.267. The Morgan fingerprint density at radius 2 is 1.92 bits per heavy atom. The third kappa shape index (κ3) is 3.84. The van der Waals surface area contributed by atoms with Gasteiger partial charge in [0.25, 0.3) is 0 Å². The molecule has 0 atom stereocenters. The highest BCUT2D eigenvalue weighted by atomic mass is 35.5. The maximum Gasteiger partial charge on any atom is 0.127 e. The maximum atomic E-state index is 6.12. The van der Waals surface area contributed by atoms with E-state index in [1.54, 1.807) is 0 Å². The number of rotatable bonds is 5. The van der Waals surface area contributed by atoms with E-state index >= 15 is 0 Å². The predicted molar refractivity (Wildman–Crippen MR) is 108 cm³/mol. The van der Waals surface area contributed by atoms with Gasteiger partial charge < -0.3 is 10.2 Å². The van der Waals surface area contributed by atoms with Crippen LogP contribution in [-0.2, 0) is 19.9 Å². The van der Waals surface area contributed by atoms with Crippen LogP contribution in [0.1, 0.15) is 24.1 Å². The standard InChI is InChI=1S/C20H28ClN5/c1-24-20(18-7-2-3-8-19(18)23-24)22-9-10-25-11-13-26(14-12-25)17-6-4-5-16(21)15-17/h4-6,15,22H,2-3,7-14H2,1H3. The normalized spacial score (nSPS) is 18.0. The molecule has 0 bridgehead atoms. The van der Waals surface area contributed by atoms with Crippen LogP contribution >= 0.6 is 11.6 Å². The molecule has 2 aliphatic rings. The van der Waals surface area contributed by atoms with Crippen molar-refractivity contribution < 1.29 is 0 Å². The summed E-state index contributed by atoms with van der Waals surface area (Å²) in [6, 6.07) is 8.17. The Bertz CT molecular complexity index is 749. The molecule has 2 heterocycles. The smallest absolute Gasteiger partial charge is 0.127 e. The molecule has 1 fully saturated rings. The Hall–Kier alpha value is -1.72. The second-order valence-corrected chi connectivity index (χ2v) is 7.78. The number of benzene rings is 1. The molecule has 140 valence electrons. The molecule has 0 radical (unpaired) electrons. The summed E-state index contributed by atoms with van der Waals surface area (Å²) in [5, 5.41) is 9.15. The van der Waals surface area contributed by atoms with Crippen LogP contribution in [0.3, 0.4) is 0 Å². The van der Waals surface area contributed by atoms with Crippen molar-refractivity contribution >= 4 is 23.1 Å². The Morgan fingerprint density at radius 3 is 2.73 bits per heavy atom. The van der Waals surface area contributed by atoms with Crippen LogP contribution in [0.2, 0.25) is 5.02 Å². The number of nitrogens with zero attached hydrogens (tertiary/aromatic N) is 4. The average molecular weight is 374 g/mol. The molecule has 5 nitrogen and oxygen atoms in total. The lowest BCUT2D eigenvalue weighted by Gasteiger charge is -2.36. The molecule has 1 saturated heterocycles. The fraction of sp³-hybridized carbons (Fsp3) is 0.550. The highest BCUT2D eigenvalue weighted by Crippen LogP contribution is 2.27. The molecule has 1 aliphatic heterocycles. The number of piperazine rings is 1. The van der Waals surface area contributed by atoms with Crippen molar-refractivity contribution in [3.63, 3.8) is 0 Å². The molecule has 0 spiro atoms. The lowest BCUT2D eigenvalue weighted by atomic mass is 9.97. The summed E-state index contributed by atoms with van der Waals surface area (Å²) in [5.41, 5.74) is 3.98. The van der Waals surface area contributed by atoms with Gasteiger partial charge in [-0.15, -0.1) is 0 Å². The topological polar surface area (TPSA) is 36.3 Å². The number of fused-ring (bicyclic) bond motifs is 1. The Morgan fingerprint density at radius 1 is 1.12 bits per heavy atom. The third-order valence-corrected chi connectivity index (χ3v) is 5.82. The van der Waals surface area contributed by atoms with Gasteiger partial charge in [0.1, 0.15) is 5.82 Å². The quantitative estimate of drug-likeness (QED) is 0.873. The number of hydrogen-bond acceptors (Lipinski definition) is 4. The number of halogens is 1. The summed E-state index contributed by atoms with van der Waals surface area (Å²) >= 11 is 6.12. The van der Waals surface area contributed by atoms with Crippen LogP contribution in [0.25, 0.3) is 0 Å². The number of hydrogen-bond donors (Lipinski definition) is 1. The van der Waals surface area contributed by atoms with Crippen LogP contribution in [0.15, 0.2) is 24.3 Å². The average Bonchev–Trinajstić information content (AvgIpc) is 2.98. The summed E-state index contributed by atoms with van der Waals surface area (Å²) in [4.78, 5) is 4.96. The van der Waals surface area contributed by atoms with Crippen molar-refractivity contribution in [2.45, 2.75) is 25.7 Å². The van der Waals surface area contributed by atoms with E-state index in [1.165, 1.54) is 42.0 Å². The predicted octanol–water partition coefficient (Wildman–Crippen LogP) is 3.19. The minimum atomic E-state index is 0.814. The van der Waals surface area contributed by atoms with Gasteiger partial charge in [0.2, 0.25) is 0 Å². The highest BCUT2D eigenvalue weighted by Gasteiger charge is 2.20. The van der Waals surface area contributed by atoms with Crippen LogP contribution in [0, 0.1) is 0 Å². The SMILES string of the molecule is Cn1nc2c(c1NCCN1CCN(c3cccc(Cl)c3)CC1)CCCC2. The molecule has 1 aromatic heterocycles. The summed E-state index contributed by atoms with van der Waals surface area (Å²) < 4.78 is 2.03. The Balaban J connectivity index is 1.26. The molecule has 0 unspecified atom stereocenters. The molecule has 4 rings (SSSR count). The Kier molecular flexibility index (Phi) is 5.36. The van der Waals surface area contributed by atoms with Gasteiger partial charge >= 0.3 is 0 Å². The van der Waals surface area contributed by atoms with Gasteiger partial charge in [-0.25, -0.2) is 0 Å². The largest absolute Gasteiger partial charge is 0.369 e. The van der Waals surface area contributed by atoms with E-state index < -0.39 is 0 Å². The minimum Gasteiger partial charge on any atom is -0.369 e. The van der Waals surface area contributed by atoms with Crippen molar-refractivity contribution in [2.24, 2.45) is 7.05 Å². The number of nitrogens with one attached hydrogen (secondary N) is 1. The Labute approximate surface area is 160 Å². The second kappa shape index (κ2) is 7.89. The highest BCUT2D eigenvalue weighted by molar-refractivity contribution is 6.30. The number of aryl methyl sites for hydroxylation is 2. The van der Waals surface area contributed by atoms with Gasteiger partial charge in [-0.05, 0) is 43.9 Å². The number of anilines is 2. The summed E-state index contributed by atoms with van der Waals surface area (Å²) in [6.45, 7) is 6.35. The van der Waals surface area contributed by atoms with Crippen LogP contribution in [-0.4, -0.2) is 53.9 Å². The van der Waals surface area contributed by atoms with E-state index in [-0.39, 0.29) is 0 Å². The monoisotopic (exact) mass is 373 g/mol. The van der Waals surface area contributed by atoms with E-state index in [0.29, 0.717) is 0 Å². The second-order valence-electron chi connectivity index (χ2n) is 7.34. The molecule has 26 heavy (non-hydrogen) atoms. The van der Waals surface area contributed by atoms with Crippen molar-refractivity contribution in [2.75, 3.05) is 49.5 Å². The minimum absolute atomic E-state index is 0.814. The lowest BCUT2D eigenvalue weighted by Crippen LogP contribution is -2.47. The molecule has 1 aliphatic carbocycles. The first-order valence-electron chi connectivity index (χ1n) is 9.72. The first-order valence-corrected chi connectivity index (χ1v) is 10.1. The third-order valence-electron chi connectivity index (χ3n) is 5.58. The zero-order chi connectivity index (χ0) is 17.9. The number of aromatic nitrogens is 2. The fourth-order valence-corrected chi connectivity index (χ4v) is 4.32. The molecule has 0 saturated carbocycles. The van der Waals surface area contributed by atoms with Gasteiger partial charge in [0.05, 0.1) is 5.69 Å². The molecule has 2 aromatic rings. The van der Waals surface area contributed by atoms with Crippen LogP contribution < -0.4 is 10.2 Å². The van der Waals surface area contributed by atoms with Crippen molar-refractivity contribution in [3.8, 4) is 0 Å². The molecule has 0 amide bonds. The first kappa shape index (κ1) is 17.7. The van der Waals surface area contributed by atoms with Crippen molar-refractivity contribution in [1.82, 2.24) is 14.7 Å². The summed E-state index contributed by atoms with van der Waals surface area (Å²) in [5.74, 6) is 1.23. The van der Waals surface area contributed by atoms with Crippen molar-refractivity contribution in [3.05, 3.63) is 40.5 Å². The summed E-state index contributed by atoms with van der Waals surface area (Å²) in [6.07, 6.45) is 4.87. The van der Waals surface area contributed by atoms with Gasteiger partial charge in [0, 0.05) is 62.6 Å². The maximum absolute atomic E-state index is 6.12. The molecule has 1 aromatic carbocycles. The van der Waals surface area contributed by atoms with E-state index in [1.807, 2.05) is 16.8 Å². The molecule has 1 N–H and O–H groups in total. The van der Waals surface area contributed by atoms with E-state index in [4.69, 9.17) is 16.7 Å². The van der Waals surface area contributed by atoms with Gasteiger partial charge in [-0.3, -0.25) is 9.58 Å². The van der Waals surface area contributed by atoms with Gasteiger partial charge in [-0.1, -0.05) is 17.7 Å². The molecular weight excluding hydrogens is 346 g/mol. The van der Waals surface area contributed by atoms with E-state index in [0.717, 1.165) is 50.7 Å². The van der Waals surface area contributed by atoms with Gasteiger partial charge in [0.15, 0.2) is 0 Å². The zero-order valence-electron chi connectivity index (χ0n) is 15.5. The molecule has 6 heteroatoms. The molecular formula is C20H28ClN5. The van der Waals surface area contributed by atoms with Crippen LogP contribution in [0.5, 0.6) is 0 Å². The van der Waals surface area contributed by atoms with Crippen LogP contribution in [0.4, 0.5) is 11.5 Å². The van der Waals surface area contributed by atoms with Crippen molar-refractivity contribution in [1.29, 1.82) is 0 Å². The fourth-order valence-electron chi connectivity index (χ4n) is 4.14. The van der Waals surface area contributed by atoms with Gasteiger partial charge in [-0.2, -0.15) is 5.10 Å². The van der Waals surface area contributed by atoms with E-state index in [9.17, 15) is 0 Å². The summed E-state index contributed by atoms with van der Waals surface area (Å²) in [7, 11) is 2.06. The van der Waals surface area contributed by atoms with E-state index in [2.05, 4.69) is 34.3 Å². The zero-order valence-corrected chi connectivity index (χ0v) is 16.3. The first-order chi connectivity index (χ1) is 12.7.